The van der Waals surface area contributed by atoms with Gasteiger partial charge in [-0.3, -0.25) is 14.5 Å². The molecule has 27 heavy (non-hydrogen) atoms. The molecule has 0 aromatic carbocycles. The van der Waals surface area contributed by atoms with E-state index in [-0.39, 0.29) is 34.6 Å². The van der Waals surface area contributed by atoms with Gasteiger partial charge in [0.05, 0.1) is 5.92 Å². The summed E-state index contributed by atoms with van der Waals surface area (Å²) in [5.74, 6) is -0.236. The number of nitrogens with one attached hydrogen (secondary N) is 2. The minimum absolute atomic E-state index is 0.0129. The first-order valence-electron chi connectivity index (χ1n) is 10.3. The first-order valence-corrected chi connectivity index (χ1v) is 10.3. The first-order chi connectivity index (χ1) is 12.4. The van der Waals surface area contributed by atoms with Gasteiger partial charge in [-0.05, 0) is 30.1 Å². The van der Waals surface area contributed by atoms with Gasteiger partial charge >= 0.3 is 6.03 Å². The number of urea groups is 1. The standard InChI is InChI=1S/C21H39N3O3/c1-20(2,3)11-13-23-19(27)22-12-9-7-8-10-14-24-17(25)15-16(18(24)26)21(4,5)6/h16H,7-15H2,1-6H3,(H2,22,23,27). The second-order valence-electron chi connectivity index (χ2n) is 9.91. The maximum absolute atomic E-state index is 12.4. The number of nitrogens with zero attached hydrogens (tertiary/aromatic N) is 1. The van der Waals surface area contributed by atoms with Gasteiger partial charge in [-0.15, -0.1) is 0 Å². The predicted molar refractivity (Wildman–Crippen MR) is 108 cm³/mol. The number of hydrogen-bond donors (Lipinski definition) is 2. The van der Waals surface area contributed by atoms with Crippen LogP contribution < -0.4 is 10.6 Å². The Bertz CT molecular complexity index is 518. The van der Waals surface area contributed by atoms with Crippen LogP contribution in [0.15, 0.2) is 0 Å². The molecule has 2 N–H and O–H groups in total. The fourth-order valence-electron chi connectivity index (χ4n) is 3.16. The fourth-order valence-corrected chi connectivity index (χ4v) is 3.16. The van der Waals surface area contributed by atoms with Gasteiger partial charge in [0.15, 0.2) is 0 Å². The minimum atomic E-state index is -0.189. The molecule has 0 aromatic heterocycles. The summed E-state index contributed by atoms with van der Waals surface area (Å²) in [4.78, 5) is 37.6. The number of carbonyl (C=O) groups excluding carboxylic acids is 3. The molecule has 0 aliphatic carbocycles. The molecule has 1 atom stereocenters. The van der Waals surface area contributed by atoms with Gasteiger partial charge in [0.2, 0.25) is 11.8 Å². The van der Waals surface area contributed by atoms with Crippen LogP contribution in [0.2, 0.25) is 0 Å². The third kappa shape index (κ3) is 8.76. The Hall–Kier alpha value is -1.59. The summed E-state index contributed by atoms with van der Waals surface area (Å²) in [7, 11) is 0. The van der Waals surface area contributed by atoms with Gasteiger partial charge < -0.3 is 10.6 Å². The monoisotopic (exact) mass is 381 g/mol. The smallest absolute Gasteiger partial charge is 0.314 e. The molecule has 156 valence electrons. The summed E-state index contributed by atoms with van der Waals surface area (Å²) >= 11 is 0. The summed E-state index contributed by atoms with van der Waals surface area (Å²) < 4.78 is 0. The van der Waals surface area contributed by atoms with Crippen LogP contribution in [0.1, 0.15) is 80.1 Å². The zero-order chi connectivity index (χ0) is 20.7. The number of hydrogen-bond acceptors (Lipinski definition) is 3. The molecule has 0 radical (unpaired) electrons. The molecule has 1 aliphatic heterocycles. The second kappa shape index (κ2) is 10.1. The average Bonchev–Trinajstić information content (AvgIpc) is 2.80. The number of rotatable bonds is 9. The number of likely N-dealkylation sites (tertiary alicyclic amines) is 1. The van der Waals surface area contributed by atoms with Crippen molar-refractivity contribution < 1.29 is 14.4 Å². The molecule has 1 rings (SSSR count). The third-order valence-corrected chi connectivity index (χ3v) is 5.04. The Morgan fingerprint density at radius 2 is 1.56 bits per heavy atom. The zero-order valence-corrected chi connectivity index (χ0v) is 18.1. The van der Waals surface area contributed by atoms with Gasteiger partial charge in [-0.1, -0.05) is 54.4 Å². The molecule has 1 fully saturated rings. The summed E-state index contributed by atoms with van der Waals surface area (Å²) in [5, 5.41) is 5.74. The highest BCUT2D eigenvalue weighted by atomic mass is 16.2. The highest BCUT2D eigenvalue weighted by Crippen LogP contribution is 2.35. The van der Waals surface area contributed by atoms with E-state index < -0.39 is 0 Å². The molecule has 1 aliphatic rings. The maximum Gasteiger partial charge on any atom is 0.314 e. The fraction of sp³-hybridized carbons (Fsp3) is 0.857. The molecule has 1 unspecified atom stereocenters. The van der Waals surface area contributed by atoms with E-state index in [9.17, 15) is 14.4 Å². The lowest BCUT2D eigenvalue weighted by Crippen LogP contribution is -2.37. The molecule has 0 saturated carbocycles. The van der Waals surface area contributed by atoms with E-state index in [1.54, 1.807) is 0 Å². The van der Waals surface area contributed by atoms with Gasteiger partial charge in [-0.2, -0.15) is 0 Å². The Kier molecular flexibility index (Phi) is 8.76. The van der Waals surface area contributed by atoms with E-state index in [2.05, 4.69) is 31.4 Å². The number of amides is 4. The normalized spacial score (nSPS) is 18.1. The van der Waals surface area contributed by atoms with Gasteiger partial charge in [0, 0.05) is 26.1 Å². The van der Waals surface area contributed by atoms with Crippen LogP contribution in [0.3, 0.4) is 0 Å². The van der Waals surface area contributed by atoms with Crippen molar-refractivity contribution in [1.29, 1.82) is 0 Å². The molecule has 0 bridgehead atoms. The van der Waals surface area contributed by atoms with Crippen LogP contribution in [-0.4, -0.2) is 42.4 Å². The topological polar surface area (TPSA) is 78.5 Å². The van der Waals surface area contributed by atoms with Crippen LogP contribution >= 0.6 is 0 Å². The molecule has 1 saturated heterocycles. The SMILES string of the molecule is CC(C)(C)CCNC(=O)NCCCCCCN1C(=O)CC(C(C)(C)C)C1=O. The molecule has 4 amide bonds. The Morgan fingerprint density at radius 3 is 2.11 bits per heavy atom. The summed E-state index contributed by atoms with van der Waals surface area (Å²) in [6, 6.07) is -0.110. The predicted octanol–water partition coefficient (Wildman–Crippen LogP) is 3.70. The highest BCUT2D eigenvalue weighted by Gasteiger charge is 2.44. The van der Waals surface area contributed by atoms with Crippen LogP contribution in [-0.2, 0) is 9.59 Å². The molecule has 0 aromatic rings. The summed E-state index contributed by atoms with van der Waals surface area (Å²) in [6.45, 7) is 14.3. The number of carbonyl (C=O) groups is 3. The Morgan fingerprint density at radius 1 is 0.963 bits per heavy atom. The number of unbranched alkanes of at least 4 members (excludes halogenated alkanes) is 3. The summed E-state index contributed by atoms with van der Waals surface area (Å²) in [5.41, 5.74) is 0.0545. The second-order valence-corrected chi connectivity index (χ2v) is 9.91. The van der Waals surface area contributed by atoms with E-state index in [0.717, 1.165) is 32.1 Å². The Labute approximate surface area is 164 Å². The first kappa shape index (κ1) is 23.4. The molecule has 6 nitrogen and oxygen atoms in total. The Balaban J connectivity index is 2.10. The molecule has 0 spiro atoms. The van der Waals surface area contributed by atoms with Gasteiger partial charge in [0.25, 0.3) is 0 Å². The average molecular weight is 382 g/mol. The van der Waals surface area contributed by atoms with Gasteiger partial charge in [-0.25, -0.2) is 4.79 Å². The van der Waals surface area contributed by atoms with Gasteiger partial charge in [0.1, 0.15) is 0 Å². The van der Waals surface area contributed by atoms with E-state index in [1.807, 2.05) is 20.8 Å². The van der Waals surface area contributed by atoms with Crippen molar-refractivity contribution in [2.45, 2.75) is 80.1 Å². The van der Waals surface area contributed by atoms with Crippen LogP contribution in [0.5, 0.6) is 0 Å². The van der Waals surface area contributed by atoms with Crippen molar-refractivity contribution in [3.05, 3.63) is 0 Å². The maximum atomic E-state index is 12.4. The quantitative estimate of drug-likeness (QED) is 0.472. The molecular weight excluding hydrogens is 342 g/mol. The zero-order valence-electron chi connectivity index (χ0n) is 18.1. The van der Waals surface area contributed by atoms with Crippen molar-refractivity contribution in [3.63, 3.8) is 0 Å². The van der Waals surface area contributed by atoms with Crippen LogP contribution in [0, 0.1) is 16.7 Å². The van der Waals surface area contributed by atoms with Crippen LogP contribution in [0.4, 0.5) is 4.79 Å². The van der Waals surface area contributed by atoms with E-state index in [1.165, 1.54) is 4.90 Å². The van der Waals surface area contributed by atoms with E-state index >= 15 is 0 Å². The van der Waals surface area contributed by atoms with E-state index in [0.29, 0.717) is 26.1 Å². The largest absolute Gasteiger partial charge is 0.338 e. The molecular formula is C21H39N3O3. The van der Waals surface area contributed by atoms with Crippen molar-refractivity contribution in [3.8, 4) is 0 Å². The van der Waals surface area contributed by atoms with Crippen molar-refractivity contribution in [2.24, 2.45) is 16.7 Å². The number of imide groups is 1. The van der Waals surface area contributed by atoms with Crippen molar-refractivity contribution in [2.75, 3.05) is 19.6 Å². The third-order valence-electron chi connectivity index (χ3n) is 5.04. The van der Waals surface area contributed by atoms with Crippen molar-refractivity contribution in [1.82, 2.24) is 15.5 Å². The molecule has 1 heterocycles. The lowest BCUT2D eigenvalue weighted by Gasteiger charge is -2.24. The lowest BCUT2D eigenvalue weighted by molar-refractivity contribution is -0.140. The minimum Gasteiger partial charge on any atom is -0.338 e. The summed E-state index contributed by atoms with van der Waals surface area (Å²) in [6.07, 6.45) is 4.94. The van der Waals surface area contributed by atoms with Crippen molar-refractivity contribution >= 4 is 17.8 Å². The highest BCUT2D eigenvalue weighted by molar-refractivity contribution is 6.03. The van der Waals surface area contributed by atoms with Crippen LogP contribution in [0.25, 0.3) is 0 Å². The molecule has 6 heteroatoms. The lowest BCUT2D eigenvalue weighted by atomic mass is 9.80. The van der Waals surface area contributed by atoms with E-state index in [4.69, 9.17) is 0 Å².